The Morgan fingerprint density at radius 3 is 2.94 bits per heavy atom. The Kier molecular flexibility index (Phi) is 4.42. The standard InChI is InChI=1S/C12H20N2O2S2/c1-11-5-3-7-14(9-11)18(15,16)13(2)10-12-6-4-8-17-12/h4,6,8,11H,3,5,7,9-10H2,1-2H3. The summed E-state index contributed by atoms with van der Waals surface area (Å²) in [6.07, 6.45) is 2.09. The second kappa shape index (κ2) is 5.69. The highest BCUT2D eigenvalue weighted by molar-refractivity contribution is 7.86. The van der Waals surface area contributed by atoms with Gasteiger partial charge in [0.15, 0.2) is 0 Å². The molecule has 1 saturated heterocycles. The molecule has 0 amide bonds. The average molecular weight is 288 g/mol. The van der Waals surface area contributed by atoms with Crippen molar-refractivity contribution in [2.24, 2.45) is 5.92 Å². The van der Waals surface area contributed by atoms with Crippen LogP contribution in [0.3, 0.4) is 0 Å². The van der Waals surface area contributed by atoms with Crippen molar-refractivity contribution in [1.29, 1.82) is 0 Å². The van der Waals surface area contributed by atoms with Gasteiger partial charge in [0, 0.05) is 31.6 Å². The zero-order valence-corrected chi connectivity index (χ0v) is 12.5. The van der Waals surface area contributed by atoms with E-state index in [0.717, 1.165) is 17.7 Å². The van der Waals surface area contributed by atoms with Gasteiger partial charge in [-0.2, -0.15) is 17.0 Å². The molecule has 4 nitrogen and oxygen atoms in total. The van der Waals surface area contributed by atoms with E-state index in [-0.39, 0.29) is 0 Å². The predicted molar refractivity (Wildman–Crippen MR) is 74.7 cm³/mol. The zero-order valence-electron chi connectivity index (χ0n) is 10.9. The lowest BCUT2D eigenvalue weighted by atomic mass is 10.0. The van der Waals surface area contributed by atoms with Crippen LogP contribution in [0.4, 0.5) is 0 Å². The molecule has 1 atom stereocenters. The van der Waals surface area contributed by atoms with Gasteiger partial charge in [-0.3, -0.25) is 0 Å². The van der Waals surface area contributed by atoms with Crippen molar-refractivity contribution in [2.45, 2.75) is 26.3 Å². The molecule has 1 unspecified atom stereocenters. The molecule has 0 N–H and O–H groups in total. The summed E-state index contributed by atoms with van der Waals surface area (Å²) in [7, 11) is -1.64. The normalized spacial score (nSPS) is 22.5. The molecule has 1 aliphatic rings. The lowest BCUT2D eigenvalue weighted by Crippen LogP contribution is -2.45. The van der Waals surface area contributed by atoms with Crippen LogP contribution in [0.2, 0.25) is 0 Å². The molecule has 0 spiro atoms. The van der Waals surface area contributed by atoms with Crippen molar-refractivity contribution in [2.75, 3.05) is 20.1 Å². The minimum absolute atomic E-state index is 0.462. The fourth-order valence-corrected chi connectivity index (χ4v) is 4.59. The molecule has 0 aromatic carbocycles. The van der Waals surface area contributed by atoms with E-state index in [9.17, 15) is 8.42 Å². The first-order valence-electron chi connectivity index (χ1n) is 6.24. The largest absolute Gasteiger partial charge is 0.282 e. The first-order chi connectivity index (χ1) is 8.50. The molecular weight excluding hydrogens is 268 g/mol. The first kappa shape index (κ1) is 14.0. The Balaban J connectivity index is 2.05. The third-order valence-electron chi connectivity index (χ3n) is 3.30. The summed E-state index contributed by atoms with van der Waals surface area (Å²) in [6, 6.07) is 3.92. The molecule has 18 heavy (non-hydrogen) atoms. The van der Waals surface area contributed by atoms with Crippen LogP contribution in [-0.4, -0.2) is 37.2 Å². The Hall–Kier alpha value is -0.430. The molecule has 2 rings (SSSR count). The van der Waals surface area contributed by atoms with Crippen LogP contribution in [0.15, 0.2) is 17.5 Å². The van der Waals surface area contributed by atoms with Crippen molar-refractivity contribution in [3.8, 4) is 0 Å². The number of hydrogen-bond donors (Lipinski definition) is 0. The van der Waals surface area contributed by atoms with Crippen LogP contribution in [-0.2, 0) is 16.8 Å². The molecule has 1 aliphatic heterocycles. The smallest absolute Gasteiger partial charge is 0.195 e. The second-order valence-corrected chi connectivity index (χ2v) is 8.02. The first-order valence-corrected chi connectivity index (χ1v) is 8.51. The summed E-state index contributed by atoms with van der Waals surface area (Å²) in [4.78, 5) is 1.08. The summed E-state index contributed by atoms with van der Waals surface area (Å²) in [5, 5.41) is 1.97. The zero-order chi connectivity index (χ0) is 13.2. The number of thiophene rings is 1. The lowest BCUT2D eigenvalue weighted by Gasteiger charge is -2.32. The van der Waals surface area contributed by atoms with Gasteiger partial charge in [0.25, 0.3) is 10.2 Å². The van der Waals surface area contributed by atoms with E-state index < -0.39 is 10.2 Å². The van der Waals surface area contributed by atoms with Crippen LogP contribution in [0.25, 0.3) is 0 Å². The van der Waals surface area contributed by atoms with E-state index in [0.29, 0.717) is 25.6 Å². The van der Waals surface area contributed by atoms with E-state index in [2.05, 4.69) is 6.92 Å². The van der Waals surface area contributed by atoms with Crippen LogP contribution in [0.1, 0.15) is 24.6 Å². The molecular formula is C12H20N2O2S2. The summed E-state index contributed by atoms with van der Waals surface area (Å²) < 4.78 is 27.9. The van der Waals surface area contributed by atoms with E-state index in [1.165, 1.54) is 4.31 Å². The summed E-state index contributed by atoms with van der Waals surface area (Å²) in [5.41, 5.74) is 0. The van der Waals surface area contributed by atoms with Gasteiger partial charge in [-0.05, 0) is 30.2 Å². The molecule has 1 fully saturated rings. The number of nitrogens with zero attached hydrogens (tertiary/aromatic N) is 2. The highest BCUT2D eigenvalue weighted by Crippen LogP contribution is 2.21. The third-order valence-corrected chi connectivity index (χ3v) is 6.06. The van der Waals surface area contributed by atoms with Crippen LogP contribution < -0.4 is 0 Å². The monoisotopic (exact) mass is 288 g/mol. The Labute approximate surface area is 113 Å². The Bertz CT molecular complexity index is 470. The van der Waals surface area contributed by atoms with Crippen LogP contribution >= 0.6 is 11.3 Å². The summed E-state index contributed by atoms with van der Waals surface area (Å²) >= 11 is 1.59. The quantitative estimate of drug-likeness (QED) is 0.852. The molecule has 0 bridgehead atoms. The highest BCUT2D eigenvalue weighted by atomic mass is 32.2. The Morgan fingerprint density at radius 2 is 2.33 bits per heavy atom. The van der Waals surface area contributed by atoms with E-state index >= 15 is 0 Å². The fraction of sp³-hybridized carbons (Fsp3) is 0.667. The van der Waals surface area contributed by atoms with Crippen LogP contribution in [0, 0.1) is 5.92 Å². The van der Waals surface area contributed by atoms with Crippen molar-refractivity contribution in [1.82, 2.24) is 8.61 Å². The summed E-state index contributed by atoms with van der Waals surface area (Å²) in [6.45, 7) is 3.88. The Morgan fingerprint density at radius 1 is 1.56 bits per heavy atom. The maximum atomic E-state index is 12.4. The van der Waals surface area contributed by atoms with Gasteiger partial charge >= 0.3 is 0 Å². The molecule has 6 heteroatoms. The van der Waals surface area contributed by atoms with Gasteiger partial charge < -0.3 is 0 Å². The van der Waals surface area contributed by atoms with Crippen molar-refractivity contribution >= 4 is 21.5 Å². The number of piperidine rings is 1. The second-order valence-electron chi connectivity index (χ2n) is 4.95. The fourth-order valence-electron chi connectivity index (χ4n) is 2.26. The molecule has 1 aromatic heterocycles. The van der Waals surface area contributed by atoms with E-state index in [1.807, 2.05) is 17.5 Å². The lowest BCUT2D eigenvalue weighted by molar-refractivity contribution is 0.263. The maximum Gasteiger partial charge on any atom is 0.282 e. The van der Waals surface area contributed by atoms with Crippen molar-refractivity contribution in [3.05, 3.63) is 22.4 Å². The van der Waals surface area contributed by atoms with Crippen LogP contribution in [0.5, 0.6) is 0 Å². The molecule has 2 heterocycles. The number of hydrogen-bond acceptors (Lipinski definition) is 3. The maximum absolute atomic E-state index is 12.4. The average Bonchev–Trinajstić information content (AvgIpc) is 2.81. The van der Waals surface area contributed by atoms with Gasteiger partial charge in [-0.25, -0.2) is 0 Å². The van der Waals surface area contributed by atoms with Crippen molar-refractivity contribution < 1.29 is 8.42 Å². The number of rotatable bonds is 4. The molecule has 0 saturated carbocycles. The van der Waals surface area contributed by atoms with Gasteiger partial charge in [-0.15, -0.1) is 11.3 Å². The molecule has 0 aliphatic carbocycles. The van der Waals surface area contributed by atoms with Gasteiger partial charge in [0.05, 0.1) is 0 Å². The third kappa shape index (κ3) is 3.12. The topological polar surface area (TPSA) is 40.6 Å². The van der Waals surface area contributed by atoms with Gasteiger partial charge in [-0.1, -0.05) is 13.0 Å². The molecule has 0 radical (unpaired) electrons. The van der Waals surface area contributed by atoms with Gasteiger partial charge in [0.1, 0.15) is 0 Å². The molecule has 1 aromatic rings. The highest BCUT2D eigenvalue weighted by Gasteiger charge is 2.30. The SMILES string of the molecule is CC1CCCN(S(=O)(=O)N(C)Cc2cccs2)C1. The minimum Gasteiger partial charge on any atom is -0.195 e. The van der Waals surface area contributed by atoms with E-state index in [1.54, 1.807) is 22.7 Å². The van der Waals surface area contributed by atoms with Gasteiger partial charge in [0.2, 0.25) is 0 Å². The van der Waals surface area contributed by atoms with Crippen molar-refractivity contribution in [3.63, 3.8) is 0 Å². The van der Waals surface area contributed by atoms with E-state index in [4.69, 9.17) is 0 Å². The summed E-state index contributed by atoms with van der Waals surface area (Å²) in [5.74, 6) is 0.462. The predicted octanol–water partition coefficient (Wildman–Crippen LogP) is 2.16. The minimum atomic E-state index is -3.30. The molecule has 102 valence electrons.